The zero-order valence-electron chi connectivity index (χ0n) is 6.71. The molecule has 0 aromatic heterocycles. The summed E-state index contributed by atoms with van der Waals surface area (Å²) in [6.07, 6.45) is 1.98. The number of carboxylic acid groups (broad SMARTS) is 1. The van der Waals surface area contributed by atoms with Crippen LogP contribution in [0.5, 0.6) is 0 Å². The van der Waals surface area contributed by atoms with Gasteiger partial charge in [0.1, 0.15) is 0 Å². The van der Waals surface area contributed by atoms with Gasteiger partial charge in [0, 0.05) is 6.54 Å². The lowest BCUT2D eigenvalue weighted by atomic mass is 9.98. The summed E-state index contributed by atoms with van der Waals surface area (Å²) >= 11 is 0. The summed E-state index contributed by atoms with van der Waals surface area (Å²) in [6.45, 7) is 1.83. The number of hydrogen-bond donors (Lipinski definition) is 1. The molecule has 1 aliphatic carbocycles. The Hall–Kier alpha value is -0.570. The minimum Gasteiger partial charge on any atom is -0.481 e. The van der Waals surface area contributed by atoms with Crippen LogP contribution in [-0.2, 0) is 4.79 Å². The molecule has 2 atom stereocenters. The summed E-state index contributed by atoms with van der Waals surface area (Å²) in [7, 11) is 2.00. The lowest BCUT2D eigenvalue weighted by Crippen LogP contribution is -2.38. The van der Waals surface area contributed by atoms with Crippen LogP contribution in [0.3, 0.4) is 0 Å². The van der Waals surface area contributed by atoms with Crippen molar-refractivity contribution >= 4 is 5.97 Å². The highest BCUT2D eigenvalue weighted by atomic mass is 16.4. The van der Waals surface area contributed by atoms with Crippen LogP contribution in [-0.4, -0.2) is 36.1 Å². The molecule has 2 aliphatic rings. The number of carboxylic acids is 1. The van der Waals surface area contributed by atoms with Gasteiger partial charge in [-0.05, 0) is 32.4 Å². The molecule has 62 valence electrons. The van der Waals surface area contributed by atoms with Crippen LogP contribution in [0.4, 0.5) is 0 Å². The molecule has 11 heavy (non-hydrogen) atoms. The summed E-state index contributed by atoms with van der Waals surface area (Å²) < 4.78 is 0. The summed E-state index contributed by atoms with van der Waals surface area (Å²) in [5.41, 5.74) is -0.340. The van der Waals surface area contributed by atoms with Gasteiger partial charge in [0.2, 0.25) is 0 Å². The van der Waals surface area contributed by atoms with Gasteiger partial charge in [-0.15, -0.1) is 0 Å². The molecule has 2 fully saturated rings. The van der Waals surface area contributed by atoms with Gasteiger partial charge < -0.3 is 10.0 Å². The zero-order chi connectivity index (χ0) is 8.06. The Labute approximate surface area is 66.0 Å². The van der Waals surface area contributed by atoms with Crippen LogP contribution in [0, 0.1) is 11.3 Å². The summed E-state index contributed by atoms with van der Waals surface area (Å²) in [5, 5.41) is 8.93. The molecule has 0 radical (unpaired) electrons. The van der Waals surface area contributed by atoms with E-state index in [2.05, 4.69) is 4.90 Å². The minimum absolute atomic E-state index is 0.340. The van der Waals surface area contributed by atoms with Gasteiger partial charge in [0.05, 0.1) is 5.41 Å². The van der Waals surface area contributed by atoms with Gasteiger partial charge in [-0.2, -0.15) is 0 Å². The van der Waals surface area contributed by atoms with Crippen LogP contribution in [0.1, 0.15) is 12.8 Å². The third-order valence-corrected chi connectivity index (χ3v) is 3.07. The summed E-state index contributed by atoms with van der Waals surface area (Å²) in [5.74, 6) is -0.106. The SMILES string of the molecule is CN1CCC2CC2(C(=O)O)C1. The highest BCUT2D eigenvalue weighted by Crippen LogP contribution is 2.57. The second-order valence-electron chi connectivity index (χ2n) is 3.89. The van der Waals surface area contributed by atoms with Gasteiger partial charge in [-0.3, -0.25) is 4.79 Å². The topological polar surface area (TPSA) is 40.5 Å². The molecule has 1 aliphatic heterocycles. The van der Waals surface area contributed by atoms with Crippen molar-refractivity contribution in [2.45, 2.75) is 12.8 Å². The number of nitrogens with zero attached hydrogens (tertiary/aromatic N) is 1. The Bertz CT molecular complexity index is 204. The fourth-order valence-corrected chi connectivity index (χ4v) is 2.22. The van der Waals surface area contributed by atoms with Crippen LogP contribution in [0.25, 0.3) is 0 Å². The second-order valence-corrected chi connectivity index (χ2v) is 3.89. The quantitative estimate of drug-likeness (QED) is 0.596. The first-order valence-corrected chi connectivity index (χ1v) is 4.07. The number of piperidine rings is 1. The van der Waals surface area contributed by atoms with Gasteiger partial charge in [0.15, 0.2) is 0 Å². The number of likely N-dealkylation sites (tertiary alicyclic amines) is 1. The number of carbonyl (C=O) groups is 1. The van der Waals surface area contributed by atoms with Crippen molar-refractivity contribution in [3.05, 3.63) is 0 Å². The molecule has 0 aromatic carbocycles. The van der Waals surface area contributed by atoms with Crippen molar-refractivity contribution in [1.82, 2.24) is 4.90 Å². The van der Waals surface area contributed by atoms with E-state index in [1.165, 1.54) is 0 Å². The van der Waals surface area contributed by atoms with Crippen molar-refractivity contribution in [2.24, 2.45) is 11.3 Å². The van der Waals surface area contributed by atoms with E-state index in [1.807, 2.05) is 7.05 Å². The zero-order valence-corrected chi connectivity index (χ0v) is 6.71. The molecular formula is C8H13NO2. The van der Waals surface area contributed by atoms with Crippen LogP contribution >= 0.6 is 0 Å². The first-order chi connectivity index (χ1) is 5.15. The normalized spacial score (nSPS) is 43.2. The molecule has 1 N–H and O–H groups in total. The Balaban J connectivity index is 2.12. The van der Waals surface area contributed by atoms with E-state index < -0.39 is 5.97 Å². The van der Waals surface area contributed by atoms with Gasteiger partial charge >= 0.3 is 5.97 Å². The van der Waals surface area contributed by atoms with Crippen molar-refractivity contribution in [1.29, 1.82) is 0 Å². The molecular weight excluding hydrogens is 142 g/mol. The van der Waals surface area contributed by atoms with Crippen molar-refractivity contribution < 1.29 is 9.90 Å². The fourth-order valence-electron chi connectivity index (χ4n) is 2.22. The van der Waals surface area contributed by atoms with E-state index in [9.17, 15) is 4.79 Å². The third-order valence-electron chi connectivity index (χ3n) is 3.07. The van der Waals surface area contributed by atoms with E-state index in [1.54, 1.807) is 0 Å². The first kappa shape index (κ1) is 7.10. The van der Waals surface area contributed by atoms with E-state index in [-0.39, 0.29) is 5.41 Å². The molecule has 2 unspecified atom stereocenters. The first-order valence-electron chi connectivity index (χ1n) is 4.07. The highest BCUT2D eigenvalue weighted by Gasteiger charge is 2.61. The predicted octanol–water partition coefficient (Wildman–Crippen LogP) is 0.413. The van der Waals surface area contributed by atoms with E-state index >= 15 is 0 Å². The molecule has 1 saturated carbocycles. The lowest BCUT2D eigenvalue weighted by Gasteiger charge is -2.26. The van der Waals surface area contributed by atoms with Crippen LogP contribution < -0.4 is 0 Å². The standard InChI is InChI=1S/C8H13NO2/c1-9-3-2-6-4-8(6,5-9)7(10)11/h6H,2-5H2,1H3,(H,10,11). The monoisotopic (exact) mass is 155 g/mol. The fraction of sp³-hybridized carbons (Fsp3) is 0.875. The van der Waals surface area contributed by atoms with E-state index in [4.69, 9.17) is 5.11 Å². The number of fused-ring (bicyclic) bond motifs is 1. The maximum Gasteiger partial charge on any atom is 0.311 e. The third kappa shape index (κ3) is 0.872. The molecule has 3 nitrogen and oxygen atoms in total. The van der Waals surface area contributed by atoms with Crippen LogP contribution in [0.15, 0.2) is 0 Å². The lowest BCUT2D eigenvalue weighted by molar-refractivity contribution is -0.145. The minimum atomic E-state index is -0.589. The molecule has 0 aromatic rings. The molecule has 0 bridgehead atoms. The molecule has 1 heterocycles. The number of rotatable bonds is 1. The maximum atomic E-state index is 10.8. The Kier molecular flexibility index (Phi) is 1.27. The second kappa shape index (κ2) is 1.97. The number of aliphatic carboxylic acids is 1. The highest BCUT2D eigenvalue weighted by molar-refractivity contribution is 5.79. The van der Waals surface area contributed by atoms with Crippen molar-refractivity contribution in [3.8, 4) is 0 Å². The van der Waals surface area contributed by atoms with Gasteiger partial charge in [0.25, 0.3) is 0 Å². The molecule has 1 saturated heterocycles. The molecule has 2 rings (SSSR count). The van der Waals surface area contributed by atoms with Crippen LogP contribution in [0.2, 0.25) is 0 Å². The average molecular weight is 155 g/mol. The maximum absolute atomic E-state index is 10.8. The van der Waals surface area contributed by atoms with Crippen molar-refractivity contribution in [2.75, 3.05) is 20.1 Å². The Morgan fingerprint density at radius 3 is 3.00 bits per heavy atom. The van der Waals surface area contributed by atoms with E-state index in [0.29, 0.717) is 5.92 Å². The Morgan fingerprint density at radius 2 is 2.45 bits per heavy atom. The van der Waals surface area contributed by atoms with Gasteiger partial charge in [-0.1, -0.05) is 0 Å². The van der Waals surface area contributed by atoms with Gasteiger partial charge in [-0.25, -0.2) is 0 Å². The largest absolute Gasteiger partial charge is 0.481 e. The average Bonchev–Trinajstić information content (AvgIpc) is 2.62. The molecule has 0 amide bonds. The Morgan fingerprint density at radius 1 is 1.73 bits per heavy atom. The summed E-state index contributed by atoms with van der Waals surface area (Å²) in [6, 6.07) is 0. The number of hydrogen-bond acceptors (Lipinski definition) is 2. The van der Waals surface area contributed by atoms with Crippen molar-refractivity contribution in [3.63, 3.8) is 0 Å². The molecule has 0 spiro atoms. The molecule has 3 heteroatoms. The summed E-state index contributed by atoms with van der Waals surface area (Å²) in [4.78, 5) is 13.0. The smallest absolute Gasteiger partial charge is 0.311 e. The van der Waals surface area contributed by atoms with E-state index in [0.717, 1.165) is 25.9 Å². The predicted molar refractivity (Wildman–Crippen MR) is 40.3 cm³/mol.